The van der Waals surface area contributed by atoms with E-state index >= 15 is 0 Å². The van der Waals surface area contributed by atoms with Gasteiger partial charge in [-0.2, -0.15) is 0 Å². The van der Waals surface area contributed by atoms with Crippen molar-refractivity contribution in [2.45, 2.75) is 20.3 Å². The van der Waals surface area contributed by atoms with Crippen LogP contribution in [0, 0.1) is 5.41 Å². The minimum atomic E-state index is 0.0152. The van der Waals surface area contributed by atoms with Gasteiger partial charge >= 0.3 is 0 Å². The summed E-state index contributed by atoms with van der Waals surface area (Å²) in [5, 5.41) is 0. The zero-order chi connectivity index (χ0) is 12.0. The zero-order valence-electron chi connectivity index (χ0n) is 10.2. The Bertz CT molecular complexity index is 344. The summed E-state index contributed by atoms with van der Waals surface area (Å²) >= 11 is 0. The average Bonchev–Trinajstić information content (AvgIpc) is 2.28. The minimum Gasteiger partial charge on any atom is -0.493 e. The molecule has 16 heavy (non-hydrogen) atoms. The first-order valence-electron chi connectivity index (χ1n) is 5.61. The standard InChI is InChI=1S/C14H21NO/c1-4-7-12-8-5-6-9-13(12)16-11-14(2,3)10-15/h4-6,8-9H,1,7,10-11,15H2,2-3H3. The molecule has 0 bridgehead atoms. The van der Waals surface area contributed by atoms with E-state index in [2.05, 4.69) is 26.5 Å². The fraction of sp³-hybridized carbons (Fsp3) is 0.429. The monoisotopic (exact) mass is 219 g/mol. The predicted octanol–water partition coefficient (Wildman–Crippen LogP) is 2.78. The molecule has 0 amide bonds. The molecule has 0 aliphatic rings. The van der Waals surface area contributed by atoms with Gasteiger partial charge in [-0.05, 0) is 18.1 Å². The van der Waals surface area contributed by atoms with Gasteiger partial charge in [-0.1, -0.05) is 38.1 Å². The Kier molecular flexibility index (Phi) is 4.56. The lowest BCUT2D eigenvalue weighted by Gasteiger charge is -2.23. The van der Waals surface area contributed by atoms with Crippen LogP contribution in [0.25, 0.3) is 0 Å². The topological polar surface area (TPSA) is 35.2 Å². The van der Waals surface area contributed by atoms with Gasteiger partial charge in [0.25, 0.3) is 0 Å². The Balaban J connectivity index is 2.69. The smallest absolute Gasteiger partial charge is 0.122 e. The second-order valence-electron chi connectivity index (χ2n) is 4.76. The van der Waals surface area contributed by atoms with Crippen LogP contribution >= 0.6 is 0 Å². The van der Waals surface area contributed by atoms with Gasteiger partial charge in [0.15, 0.2) is 0 Å². The van der Waals surface area contributed by atoms with Crippen molar-refractivity contribution in [3.8, 4) is 5.75 Å². The third-order valence-corrected chi connectivity index (χ3v) is 2.51. The molecule has 0 aromatic heterocycles. The third-order valence-electron chi connectivity index (χ3n) is 2.51. The summed E-state index contributed by atoms with van der Waals surface area (Å²) in [5.41, 5.74) is 6.86. The number of hydrogen-bond acceptors (Lipinski definition) is 2. The summed E-state index contributed by atoms with van der Waals surface area (Å²) in [7, 11) is 0. The molecule has 2 heteroatoms. The number of hydrogen-bond donors (Lipinski definition) is 1. The number of rotatable bonds is 6. The van der Waals surface area contributed by atoms with Crippen LogP contribution in [0.5, 0.6) is 5.75 Å². The maximum atomic E-state index is 5.82. The number of benzene rings is 1. The lowest BCUT2D eigenvalue weighted by Crippen LogP contribution is -2.30. The summed E-state index contributed by atoms with van der Waals surface area (Å²) < 4.78 is 5.82. The molecule has 0 radical (unpaired) electrons. The molecule has 1 aromatic carbocycles. The minimum absolute atomic E-state index is 0.0152. The second kappa shape index (κ2) is 5.71. The first-order chi connectivity index (χ1) is 7.59. The molecule has 1 rings (SSSR count). The SMILES string of the molecule is C=CCc1ccccc1OCC(C)(C)CN. The van der Waals surface area contributed by atoms with Crippen molar-refractivity contribution < 1.29 is 4.74 Å². The van der Waals surface area contributed by atoms with E-state index in [1.54, 1.807) is 0 Å². The van der Waals surface area contributed by atoms with Crippen LogP contribution in [0.4, 0.5) is 0 Å². The molecule has 0 aliphatic carbocycles. The van der Waals surface area contributed by atoms with Crippen molar-refractivity contribution >= 4 is 0 Å². The van der Waals surface area contributed by atoms with Crippen molar-refractivity contribution in [3.05, 3.63) is 42.5 Å². The predicted molar refractivity (Wildman–Crippen MR) is 68.7 cm³/mol. The molecule has 0 atom stereocenters. The van der Waals surface area contributed by atoms with E-state index in [1.165, 1.54) is 5.56 Å². The molecule has 0 heterocycles. The Morgan fingerprint density at radius 1 is 1.38 bits per heavy atom. The highest BCUT2D eigenvalue weighted by Gasteiger charge is 2.16. The molecular formula is C14H21NO. The van der Waals surface area contributed by atoms with Gasteiger partial charge in [0.1, 0.15) is 5.75 Å². The van der Waals surface area contributed by atoms with Crippen LogP contribution in [-0.4, -0.2) is 13.2 Å². The Hall–Kier alpha value is -1.28. The largest absolute Gasteiger partial charge is 0.493 e. The van der Waals surface area contributed by atoms with E-state index in [9.17, 15) is 0 Å². The highest BCUT2D eigenvalue weighted by molar-refractivity contribution is 5.34. The van der Waals surface area contributed by atoms with Gasteiger partial charge in [0.05, 0.1) is 6.61 Å². The first-order valence-corrected chi connectivity index (χ1v) is 5.61. The molecule has 0 saturated carbocycles. The summed E-state index contributed by atoms with van der Waals surface area (Å²) in [6.45, 7) is 9.21. The zero-order valence-corrected chi connectivity index (χ0v) is 10.2. The van der Waals surface area contributed by atoms with Gasteiger partial charge < -0.3 is 10.5 Å². The average molecular weight is 219 g/mol. The van der Waals surface area contributed by atoms with Gasteiger partial charge in [0, 0.05) is 12.0 Å². The number of ether oxygens (including phenoxy) is 1. The summed E-state index contributed by atoms with van der Waals surface area (Å²) in [6.07, 6.45) is 2.72. The Morgan fingerprint density at radius 3 is 2.69 bits per heavy atom. The molecule has 0 unspecified atom stereocenters. The highest BCUT2D eigenvalue weighted by Crippen LogP contribution is 2.22. The quantitative estimate of drug-likeness (QED) is 0.747. The molecule has 0 saturated heterocycles. The van der Waals surface area contributed by atoms with E-state index in [4.69, 9.17) is 10.5 Å². The van der Waals surface area contributed by atoms with Crippen molar-refractivity contribution in [2.75, 3.05) is 13.2 Å². The van der Waals surface area contributed by atoms with E-state index < -0.39 is 0 Å². The van der Waals surface area contributed by atoms with Gasteiger partial charge in [0.2, 0.25) is 0 Å². The van der Waals surface area contributed by atoms with Gasteiger partial charge in [-0.3, -0.25) is 0 Å². The van der Waals surface area contributed by atoms with E-state index in [0.717, 1.165) is 12.2 Å². The van der Waals surface area contributed by atoms with Crippen LogP contribution in [0.15, 0.2) is 36.9 Å². The number of allylic oxidation sites excluding steroid dienone is 1. The van der Waals surface area contributed by atoms with E-state index in [0.29, 0.717) is 13.2 Å². The maximum Gasteiger partial charge on any atom is 0.122 e. The lowest BCUT2D eigenvalue weighted by atomic mass is 9.95. The van der Waals surface area contributed by atoms with E-state index in [-0.39, 0.29) is 5.41 Å². The molecule has 2 nitrogen and oxygen atoms in total. The number of nitrogens with two attached hydrogens (primary N) is 1. The molecule has 1 aromatic rings. The fourth-order valence-electron chi connectivity index (χ4n) is 1.30. The Morgan fingerprint density at radius 2 is 2.06 bits per heavy atom. The van der Waals surface area contributed by atoms with Crippen LogP contribution < -0.4 is 10.5 Å². The van der Waals surface area contributed by atoms with Crippen LogP contribution in [0.2, 0.25) is 0 Å². The lowest BCUT2D eigenvalue weighted by molar-refractivity contribution is 0.186. The maximum absolute atomic E-state index is 5.82. The summed E-state index contributed by atoms with van der Waals surface area (Å²) in [5.74, 6) is 0.934. The van der Waals surface area contributed by atoms with Crippen molar-refractivity contribution in [3.63, 3.8) is 0 Å². The normalized spacial score (nSPS) is 11.2. The Labute approximate surface area is 98.1 Å². The molecule has 0 fully saturated rings. The van der Waals surface area contributed by atoms with Crippen molar-refractivity contribution in [1.82, 2.24) is 0 Å². The first kappa shape index (κ1) is 12.8. The molecular weight excluding hydrogens is 198 g/mol. The van der Waals surface area contributed by atoms with Crippen molar-refractivity contribution in [2.24, 2.45) is 11.1 Å². The van der Waals surface area contributed by atoms with Crippen molar-refractivity contribution in [1.29, 1.82) is 0 Å². The highest BCUT2D eigenvalue weighted by atomic mass is 16.5. The number of para-hydroxylation sites is 1. The van der Waals surface area contributed by atoms with Crippen LogP contribution in [0.1, 0.15) is 19.4 Å². The summed E-state index contributed by atoms with van der Waals surface area (Å²) in [4.78, 5) is 0. The molecule has 0 aliphatic heterocycles. The third kappa shape index (κ3) is 3.70. The van der Waals surface area contributed by atoms with Gasteiger partial charge in [-0.25, -0.2) is 0 Å². The van der Waals surface area contributed by atoms with Gasteiger partial charge in [-0.15, -0.1) is 6.58 Å². The summed E-state index contributed by atoms with van der Waals surface area (Å²) in [6, 6.07) is 8.05. The van der Waals surface area contributed by atoms with Crippen LogP contribution in [-0.2, 0) is 6.42 Å². The van der Waals surface area contributed by atoms with E-state index in [1.807, 2.05) is 24.3 Å². The molecule has 88 valence electrons. The molecule has 2 N–H and O–H groups in total. The molecule has 0 spiro atoms. The van der Waals surface area contributed by atoms with Crippen LogP contribution in [0.3, 0.4) is 0 Å². The second-order valence-corrected chi connectivity index (χ2v) is 4.76. The fourth-order valence-corrected chi connectivity index (χ4v) is 1.30.